The van der Waals surface area contributed by atoms with Crippen molar-refractivity contribution >= 4 is 23.2 Å². The van der Waals surface area contributed by atoms with Gasteiger partial charge in [-0.05, 0) is 43.5 Å². The highest BCUT2D eigenvalue weighted by Gasteiger charge is 2.25. The predicted octanol–water partition coefficient (Wildman–Crippen LogP) is 4.26. The zero-order valence-electron chi connectivity index (χ0n) is 14.1. The summed E-state index contributed by atoms with van der Waals surface area (Å²) < 4.78 is 10.5. The summed E-state index contributed by atoms with van der Waals surface area (Å²) in [6.45, 7) is 2.76. The predicted molar refractivity (Wildman–Crippen MR) is 95.7 cm³/mol. The number of halogens is 1. The van der Waals surface area contributed by atoms with Gasteiger partial charge in [-0.3, -0.25) is 4.79 Å². The average Bonchev–Trinajstić information content (AvgIpc) is 2.59. The Bertz CT molecular complexity index is 788. The molecule has 0 saturated carbocycles. The van der Waals surface area contributed by atoms with Crippen molar-refractivity contribution < 1.29 is 14.3 Å². The van der Waals surface area contributed by atoms with Crippen molar-refractivity contribution in [2.24, 2.45) is 0 Å². The van der Waals surface area contributed by atoms with Crippen molar-refractivity contribution in [3.05, 3.63) is 52.0 Å². The highest BCUT2D eigenvalue weighted by atomic mass is 35.5. The van der Waals surface area contributed by atoms with Crippen LogP contribution in [-0.2, 0) is 6.42 Å². The molecule has 5 heteroatoms. The molecule has 24 heavy (non-hydrogen) atoms. The van der Waals surface area contributed by atoms with Crippen molar-refractivity contribution in [1.82, 2.24) is 0 Å². The zero-order chi connectivity index (χ0) is 17.3. The number of rotatable bonds is 3. The molecule has 0 atom stereocenters. The average molecular weight is 346 g/mol. The molecular formula is C19H20ClNO3. The number of fused-ring (bicyclic) bond motifs is 1. The molecule has 0 unspecified atom stereocenters. The van der Waals surface area contributed by atoms with Crippen LogP contribution >= 0.6 is 11.6 Å². The number of ether oxygens (including phenoxy) is 2. The number of benzene rings is 2. The van der Waals surface area contributed by atoms with Crippen molar-refractivity contribution in [2.75, 3.05) is 25.7 Å². The van der Waals surface area contributed by atoms with Crippen molar-refractivity contribution in [2.45, 2.75) is 19.8 Å². The summed E-state index contributed by atoms with van der Waals surface area (Å²) in [5.74, 6) is 0.808. The third-order valence-electron chi connectivity index (χ3n) is 4.28. The summed E-state index contributed by atoms with van der Waals surface area (Å²) >= 11 is 6.24. The highest BCUT2D eigenvalue weighted by molar-refractivity contribution is 6.32. The fourth-order valence-corrected chi connectivity index (χ4v) is 3.42. The molecule has 1 aliphatic rings. The Morgan fingerprint density at radius 3 is 2.67 bits per heavy atom. The van der Waals surface area contributed by atoms with Crippen LogP contribution in [0.3, 0.4) is 0 Å². The maximum absolute atomic E-state index is 13.0. The minimum Gasteiger partial charge on any atom is -0.493 e. The number of hydrogen-bond donors (Lipinski definition) is 0. The lowest BCUT2D eigenvalue weighted by molar-refractivity contribution is 0.0984. The first-order valence-electron chi connectivity index (χ1n) is 7.88. The third-order valence-corrected chi connectivity index (χ3v) is 4.56. The summed E-state index contributed by atoms with van der Waals surface area (Å²) in [6.07, 6.45) is 1.94. The Kier molecular flexibility index (Phi) is 4.67. The van der Waals surface area contributed by atoms with Crippen LogP contribution in [0.15, 0.2) is 30.3 Å². The monoisotopic (exact) mass is 345 g/mol. The number of nitrogens with zero attached hydrogens (tertiary/aromatic N) is 1. The lowest BCUT2D eigenvalue weighted by Gasteiger charge is -2.30. The van der Waals surface area contributed by atoms with Crippen molar-refractivity contribution in [1.29, 1.82) is 0 Å². The smallest absolute Gasteiger partial charge is 0.258 e. The van der Waals surface area contributed by atoms with Gasteiger partial charge in [0.2, 0.25) is 0 Å². The number of anilines is 1. The van der Waals surface area contributed by atoms with Crippen LogP contribution in [0, 0.1) is 6.92 Å². The summed E-state index contributed by atoms with van der Waals surface area (Å²) in [6, 6.07) is 9.51. The molecule has 1 aliphatic heterocycles. The van der Waals surface area contributed by atoms with Crippen LogP contribution < -0.4 is 14.4 Å². The van der Waals surface area contributed by atoms with Gasteiger partial charge in [0.1, 0.15) is 0 Å². The van der Waals surface area contributed by atoms with Gasteiger partial charge in [0.15, 0.2) is 11.5 Å². The topological polar surface area (TPSA) is 38.8 Å². The Morgan fingerprint density at radius 2 is 1.96 bits per heavy atom. The Balaban J connectivity index is 2.01. The second kappa shape index (κ2) is 6.73. The van der Waals surface area contributed by atoms with E-state index in [1.54, 1.807) is 12.1 Å². The first kappa shape index (κ1) is 16.7. The molecule has 4 nitrogen and oxygen atoms in total. The molecule has 0 radical (unpaired) electrons. The van der Waals surface area contributed by atoms with E-state index in [0.29, 0.717) is 28.6 Å². The number of aryl methyl sites for hydroxylation is 2. The number of methoxy groups -OCH3 is 2. The Hall–Kier alpha value is -2.20. The largest absolute Gasteiger partial charge is 0.493 e. The van der Waals surface area contributed by atoms with Crippen LogP contribution in [0.1, 0.15) is 27.9 Å². The second-order valence-corrected chi connectivity index (χ2v) is 6.29. The number of carbonyl (C=O) groups is 1. The van der Waals surface area contributed by atoms with Gasteiger partial charge >= 0.3 is 0 Å². The SMILES string of the molecule is COc1cc(C(=O)N2CCCc3cc(C)ccc32)cc(Cl)c1OC. The Labute approximate surface area is 146 Å². The molecule has 2 aromatic carbocycles. The Morgan fingerprint density at radius 1 is 1.17 bits per heavy atom. The molecule has 0 bridgehead atoms. The molecule has 3 rings (SSSR count). The lowest BCUT2D eigenvalue weighted by atomic mass is 9.98. The molecule has 0 N–H and O–H groups in total. The first-order valence-corrected chi connectivity index (χ1v) is 8.26. The number of amides is 1. The van der Waals surface area contributed by atoms with E-state index in [-0.39, 0.29) is 5.91 Å². The molecule has 0 fully saturated rings. The fourth-order valence-electron chi connectivity index (χ4n) is 3.13. The van der Waals surface area contributed by atoms with Gasteiger partial charge in [0.05, 0.1) is 19.2 Å². The summed E-state index contributed by atoms with van der Waals surface area (Å²) in [5.41, 5.74) is 3.88. The van der Waals surface area contributed by atoms with Crippen LogP contribution in [0.4, 0.5) is 5.69 Å². The van der Waals surface area contributed by atoms with Gasteiger partial charge in [-0.15, -0.1) is 0 Å². The summed E-state index contributed by atoms with van der Waals surface area (Å²) in [5, 5.41) is 0.362. The molecule has 0 aromatic heterocycles. The van der Waals surface area contributed by atoms with Crippen molar-refractivity contribution in [3.63, 3.8) is 0 Å². The van der Waals surface area contributed by atoms with Gasteiger partial charge in [-0.25, -0.2) is 0 Å². The molecule has 2 aromatic rings. The summed E-state index contributed by atoms with van der Waals surface area (Å²) in [7, 11) is 3.05. The number of carbonyl (C=O) groups excluding carboxylic acids is 1. The van der Waals surface area contributed by atoms with Gasteiger partial charge in [-0.2, -0.15) is 0 Å². The molecule has 1 amide bonds. The van der Waals surface area contributed by atoms with E-state index >= 15 is 0 Å². The molecule has 0 aliphatic carbocycles. The maximum Gasteiger partial charge on any atom is 0.258 e. The van der Waals surface area contributed by atoms with E-state index in [0.717, 1.165) is 18.5 Å². The minimum atomic E-state index is -0.0809. The zero-order valence-corrected chi connectivity index (χ0v) is 14.8. The highest BCUT2D eigenvalue weighted by Crippen LogP contribution is 2.37. The fraction of sp³-hybridized carbons (Fsp3) is 0.316. The second-order valence-electron chi connectivity index (χ2n) is 5.89. The summed E-state index contributed by atoms with van der Waals surface area (Å²) in [4.78, 5) is 14.9. The number of hydrogen-bond acceptors (Lipinski definition) is 3. The lowest BCUT2D eigenvalue weighted by Crippen LogP contribution is -2.35. The van der Waals surface area contributed by atoms with Crippen LogP contribution in [0.2, 0.25) is 5.02 Å². The molecular weight excluding hydrogens is 326 g/mol. The van der Waals surface area contributed by atoms with E-state index in [1.165, 1.54) is 25.3 Å². The van der Waals surface area contributed by atoms with Crippen molar-refractivity contribution in [3.8, 4) is 11.5 Å². The molecule has 0 spiro atoms. The quantitative estimate of drug-likeness (QED) is 0.834. The third kappa shape index (κ3) is 2.94. The van der Waals surface area contributed by atoms with E-state index < -0.39 is 0 Å². The van der Waals surface area contributed by atoms with Crippen LogP contribution in [0.25, 0.3) is 0 Å². The van der Waals surface area contributed by atoms with Crippen LogP contribution in [-0.4, -0.2) is 26.7 Å². The molecule has 0 saturated heterocycles. The van der Waals surface area contributed by atoms with Gasteiger partial charge in [-0.1, -0.05) is 29.3 Å². The van der Waals surface area contributed by atoms with Crippen LogP contribution in [0.5, 0.6) is 11.5 Å². The van der Waals surface area contributed by atoms with Gasteiger partial charge in [0.25, 0.3) is 5.91 Å². The van der Waals surface area contributed by atoms with Gasteiger partial charge < -0.3 is 14.4 Å². The normalized spacial score (nSPS) is 13.4. The van der Waals surface area contributed by atoms with Gasteiger partial charge in [0, 0.05) is 17.8 Å². The van der Waals surface area contributed by atoms with E-state index in [4.69, 9.17) is 21.1 Å². The van der Waals surface area contributed by atoms with E-state index in [1.807, 2.05) is 17.0 Å². The molecule has 1 heterocycles. The van der Waals surface area contributed by atoms with E-state index in [2.05, 4.69) is 13.0 Å². The first-order chi connectivity index (χ1) is 11.5. The standard InChI is InChI=1S/C19H20ClNO3/c1-12-6-7-16-13(9-12)5-4-8-21(16)19(22)14-10-15(20)18(24-3)17(11-14)23-2/h6-7,9-11H,4-5,8H2,1-3H3. The maximum atomic E-state index is 13.0. The van der Waals surface area contributed by atoms with E-state index in [9.17, 15) is 4.79 Å². The molecule has 126 valence electrons. The minimum absolute atomic E-state index is 0.0809.